The summed E-state index contributed by atoms with van der Waals surface area (Å²) in [4.78, 5) is 20.1. The Bertz CT molecular complexity index is 1130. The average Bonchev–Trinajstić information content (AvgIpc) is 2.83. The molecule has 9 heteroatoms. The highest BCUT2D eigenvalue weighted by Gasteiger charge is 2.34. The Labute approximate surface area is 202 Å². The van der Waals surface area contributed by atoms with Gasteiger partial charge in [0.15, 0.2) is 6.23 Å². The number of sulfonamides is 1. The van der Waals surface area contributed by atoms with Crippen molar-refractivity contribution in [2.24, 2.45) is 0 Å². The lowest BCUT2D eigenvalue weighted by Crippen LogP contribution is -2.46. The maximum Gasteiger partial charge on any atom is 0.242 e. The highest BCUT2D eigenvalue weighted by molar-refractivity contribution is 7.89. The largest absolute Gasteiger partial charge is 0.369 e. The van der Waals surface area contributed by atoms with Crippen molar-refractivity contribution >= 4 is 21.6 Å². The summed E-state index contributed by atoms with van der Waals surface area (Å²) >= 11 is 0. The molecular formula is C25H34N4O4S. The first kappa shape index (κ1) is 24.7. The van der Waals surface area contributed by atoms with E-state index >= 15 is 0 Å². The van der Waals surface area contributed by atoms with Gasteiger partial charge < -0.3 is 19.4 Å². The van der Waals surface area contributed by atoms with Crippen molar-refractivity contribution in [3.63, 3.8) is 0 Å². The minimum Gasteiger partial charge on any atom is -0.369 e. The zero-order chi connectivity index (χ0) is 24.5. The van der Waals surface area contributed by atoms with Crippen molar-refractivity contribution in [1.82, 2.24) is 14.1 Å². The molecule has 8 nitrogen and oxygen atoms in total. The van der Waals surface area contributed by atoms with Crippen LogP contribution in [0.4, 0.5) is 5.69 Å². The van der Waals surface area contributed by atoms with E-state index in [0.717, 1.165) is 49.4 Å². The molecule has 2 heterocycles. The van der Waals surface area contributed by atoms with Crippen molar-refractivity contribution in [2.45, 2.75) is 24.0 Å². The Morgan fingerprint density at radius 1 is 1.03 bits per heavy atom. The first-order chi connectivity index (χ1) is 16.2. The van der Waals surface area contributed by atoms with Crippen LogP contribution in [-0.2, 0) is 32.4 Å². The lowest BCUT2D eigenvalue weighted by atomic mass is 9.94. The highest BCUT2D eigenvalue weighted by Crippen LogP contribution is 2.38. The summed E-state index contributed by atoms with van der Waals surface area (Å²) in [5, 5.41) is 0. The predicted octanol–water partition coefficient (Wildman–Crippen LogP) is 1.96. The lowest BCUT2D eigenvalue weighted by molar-refractivity contribution is -0.145. The van der Waals surface area contributed by atoms with Crippen LogP contribution in [0.2, 0.25) is 0 Å². The SMILES string of the molecule is COC1c2c(cccc2N2CCN(C)CC2)CCN1C(=O)Cc1ccc(S(=O)(=O)N(C)C)cc1. The van der Waals surface area contributed by atoms with E-state index in [1.807, 2.05) is 4.90 Å². The summed E-state index contributed by atoms with van der Waals surface area (Å²) in [5.41, 5.74) is 4.23. The Hall–Kier alpha value is -2.46. The molecule has 0 bridgehead atoms. The number of nitrogens with zero attached hydrogens (tertiary/aromatic N) is 4. The van der Waals surface area contributed by atoms with Gasteiger partial charge in [0.05, 0.1) is 11.3 Å². The van der Waals surface area contributed by atoms with Crippen molar-refractivity contribution in [2.75, 3.05) is 65.9 Å². The van der Waals surface area contributed by atoms with Gasteiger partial charge in [-0.2, -0.15) is 0 Å². The van der Waals surface area contributed by atoms with Crippen LogP contribution in [0.25, 0.3) is 0 Å². The number of ether oxygens (including phenoxy) is 1. The van der Waals surface area contributed by atoms with Crippen LogP contribution in [0.1, 0.15) is 22.9 Å². The molecule has 0 spiro atoms. The fraction of sp³-hybridized carbons (Fsp3) is 0.480. The molecule has 2 aromatic rings. The molecule has 2 aliphatic rings. The van der Waals surface area contributed by atoms with E-state index in [1.165, 1.54) is 24.0 Å². The second-order valence-electron chi connectivity index (χ2n) is 9.17. The lowest BCUT2D eigenvalue weighted by Gasteiger charge is -2.41. The van der Waals surface area contributed by atoms with Gasteiger partial charge in [-0.05, 0) is 42.8 Å². The van der Waals surface area contributed by atoms with E-state index in [2.05, 4.69) is 35.0 Å². The van der Waals surface area contributed by atoms with Gasteiger partial charge in [-0.1, -0.05) is 24.3 Å². The summed E-state index contributed by atoms with van der Waals surface area (Å²) in [5.74, 6) is -0.0334. The first-order valence-corrected chi connectivity index (χ1v) is 13.1. The maximum absolute atomic E-state index is 13.4. The molecule has 1 saturated heterocycles. The second-order valence-corrected chi connectivity index (χ2v) is 11.3. The number of piperazine rings is 1. The number of hydrogen-bond donors (Lipinski definition) is 0. The van der Waals surface area contributed by atoms with E-state index < -0.39 is 16.3 Å². The van der Waals surface area contributed by atoms with Gasteiger partial charge in [-0.3, -0.25) is 4.79 Å². The Kier molecular flexibility index (Phi) is 7.28. The summed E-state index contributed by atoms with van der Waals surface area (Å²) in [6.07, 6.45) is 0.525. The number of fused-ring (bicyclic) bond motifs is 1. The molecule has 1 fully saturated rings. The van der Waals surface area contributed by atoms with Crippen LogP contribution in [0.5, 0.6) is 0 Å². The quantitative estimate of drug-likeness (QED) is 0.622. The van der Waals surface area contributed by atoms with E-state index in [-0.39, 0.29) is 17.2 Å². The third-order valence-electron chi connectivity index (χ3n) is 6.77. The zero-order valence-electron chi connectivity index (χ0n) is 20.4. The molecule has 0 aromatic heterocycles. The van der Waals surface area contributed by atoms with Gasteiger partial charge >= 0.3 is 0 Å². The molecule has 4 rings (SSSR count). The summed E-state index contributed by atoms with van der Waals surface area (Å²) in [7, 11) is 3.30. The number of methoxy groups -OCH3 is 1. The maximum atomic E-state index is 13.4. The molecule has 34 heavy (non-hydrogen) atoms. The van der Waals surface area contributed by atoms with Gasteiger partial charge in [0, 0.05) is 65.2 Å². The molecule has 0 radical (unpaired) electrons. The van der Waals surface area contributed by atoms with Crippen LogP contribution < -0.4 is 4.90 Å². The molecule has 2 aliphatic heterocycles. The standard InChI is InChI=1S/C25H34N4O4S/c1-26(2)34(31,32)21-10-8-19(9-11-21)18-23(30)29-13-12-20-6-5-7-22(24(20)25(29)33-4)28-16-14-27(3)15-17-28/h5-11,25H,12-18H2,1-4H3. The first-order valence-electron chi connectivity index (χ1n) is 11.6. The van der Waals surface area contributed by atoms with Crippen LogP contribution in [-0.4, -0.2) is 89.4 Å². The average molecular weight is 487 g/mol. The number of carbonyl (C=O) groups is 1. The van der Waals surface area contributed by atoms with E-state index in [4.69, 9.17) is 4.74 Å². The third kappa shape index (κ3) is 4.84. The Morgan fingerprint density at radius 2 is 1.71 bits per heavy atom. The van der Waals surface area contributed by atoms with Gasteiger partial charge in [0.2, 0.25) is 15.9 Å². The van der Waals surface area contributed by atoms with Crippen molar-refractivity contribution in [3.05, 3.63) is 59.2 Å². The molecule has 1 unspecified atom stereocenters. The zero-order valence-corrected chi connectivity index (χ0v) is 21.2. The smallest absolute Gasteiger partial charge is 0.242 e. The number of benzene rings is 2. The molecule has 2 aromatic carbocycles. The van der Waals surface area contributed by atoms with Crippen LogP contribution in [0.3, 0.4) is 0 Å². The normalized spacial score (nSPS) is 19.4. The van der Waals surface area contributed by atoms with E-state index in [1.54, 1.807) is 31.4 Å². The summed E-state index contributed by atoms with van der Waals surface area (Å²) in [6.45, 7) is 4.48. The number of rotatable bonds is 6. The number of carbonyl (C=O) groups excluding carboxylic acids is 1. The van der Waals surface area contributed by atoms with Crippen molar-refractivity contribution in [1.29, 1.82) is 0 Å². The van der Waals surface area contributed by atoms with E-state index in [0.29, 0.717) is 6.54 Å². The molecule has 0 aliphatic carbocycles. The predicted molar refractivity (Wildman–Crippen MR) is 132 cm³/mol. The Balaban J connectivity index is 1.55. The van der Waals surface area contributed by atoms with Gasteiger partial charge in [-0.25, -0.2) is 12.7 Å². The highest BCUT2D eigenvalue weighted by atomic mass is 32.2. The van der Waals surface area contributed by atoms with Crippen molar-refractivity contribution < 1.29 is 17.9 Å². The van der Waals surface area contributed by atoms with Gasteiger partial charge in [0.25, 0.3) is 0 Å². The second kappa shape index (κ2) is 10.0. The minimum atomic E-state index is -3.50. The van der Waals surface area contributed by atoms with Crippen LogP contribution in [0.15, 0.2) is 47.4 Å². The molecule has 0 N–H and O–H groups in total. The number of hydrogen-bond acceptors (Lipinski definition) is 6. The van der Waals surface area contributed by atoms with E-state index in [9.17, 15) is 13.2 Å². The van der Waals surface area contributed by atoms with Crippen molar-refractivity contribution in [3.8, 4) is 0 Å². The molecule has 1 atom stereocenters. The number of likely N-dealkylation sites (N-methyl/N-ethyl adjacent to an activating group) is 1. The fourth-order valence-corrected chi connectivity index (χ4v) is 5.61. The minimum absolute atomic E-state index is 0.0334. The van der Waals surface area contributed by atoms with Gasteiger partial charge in [0.1, 0.15) is 0 Å². The molecule has 184 valence electrons. The number of anilines is 1. The summed E-state index contributed by atoms with van der Waals surface area (Å²) in [6, 6.07) is 12.9. The van der Waals surface area contributed by atoms with Crippen LogP contribution >= 0.6 is 0 Å². The topological polar surface area (TPSA) is 73.4 Å². The van der Waals surface area contributed by atoms with Gasteiger partial charge in [-0.15, -0.1) is 0 Å². The Morgan fingerprint density at radius 3 is 2.32 bits per heavy atom. The van der Waals surface area contributed by atoms with Crippen LogP contribution in [0, 0.1) is 0 Å². The summed E-state index contributed by atoms with van der Waals surface area (Å²) < 4.78 is 31.7. The molecule has 1 amide bonds. The fourth-order valence-electron chi connectivity index (χ4n) is 4.71. The molecule has 0 saturated carbocycles. The number of amides is 1. The third-order valence-corrected chi connectivity index (χ3v) is 8.60. The monoisotopic (exact) mass is 486 g/mol. The molecular weight excluding hydrogens is 452 g/mol.